The van der Waals surface area contributed by atoms with Crippen molar-refractivity contribution >= 4 is 75.1 Å². The molecular formula is C48H30N2S. The van der Waals surface area contributed by atoms with Crippen molar-refractivity contribution in [3.8, 4) is 33.6 Å². The summed E-state index contributed by atoms with van der Waals surface area (Å²) in [4.78, 5) is 0. The van der Waals surface area contributed by atoms with E-state index in [1.54, 1.807) is 0 Å². The number of nitrogens with zero attached hydrogens (tertiary/aromatic N) is 2. The Kier molecular flexibility index (Phi) is 6.16. The monoisotopic (exact) mass is 666 g/mol. The first kappa shape index (κ1) is 28.4. The maximum Gasteiger partial charge on any atom is 0.0547 e. The van der Waals surface area contributed by atoms with Gasteiger partial charge in [-0.25, -0.2) is 0 Å². The van der Waals surface area contributed by atoms with Gasteiger partial charge in [-0.3, -0.25) is 0 Å². The van der Waals surface area contributed by atoms with E-state index >= 15 is 0 Å². The van der Waals surface area contributed by atoms with E-state index < -0.39 is 0 Å². The van der Waals surface area contributed by atoms with Gasteiger partial charge in [-0.15, -0.1) is 11.3 Å². The van der Waals surface area contributed by atoms with Crippen molar-refractivity contribution in [3.63, 3.8) is 0 Å². The van der Waals surface area contributed by atoms with Crippen molar-refractivity contribution in [3.05, 3.63) is 182 Å². The summed E-state index contributed by atoms with van der Waals surface area (Å²) in [6, 6.07) is 66.7. The predicted molar refractivity (Wildman–Crippen MR) is 219 cm³/mol. The average Bonchev–Trinajstić information content (AvgIpc) is 3.85. The van der Waals surface area contributed by atoms with Gasteiger partial charge >= 0.3 is 0 Å². The largest absolute Gasteiger partial charge is 0.309 e. The maximum atomic E-state index is 2.43. The minimum atomic E-state index is 1.17. The molecule has 0 spiro atoms. The fourth-order valence-electron chi connectivity index (χ4n) is 8.15. The molecule has 2 nitrogen and oxygen atoms in total. The molecule has 0 N–H and O–H groups in total. The molecule has 0 atom stereocenters. The zero-order chi connectivity index (χ0) is 33.5. The molecule has 0 aliphatic carbocycles. The normalized spacial score (nSPS) is 11.9. The zero-order valence-electron chi connectivity index (χ0n) is 27.6. The van der Waals surface area contributed by atoms with Gasteiger partial charge in [-0.1, -0.05) is 109 Å². The Balaban J connectivity index is 1.10. The Labute approximate surface area is 298 Å². The van der Waals surface area contributed by atoms with Gasteiger partial charge in [0.15, 0.2) is 0 Å². The van der Waals surface area contributed by atoms with Crippen LogP contribution in [0.5, 0.6) is 0 Å². The second-order valence-electron chi connectivity index (χ2n) is 13.4. The van der Waals surface area contributed by atoms with Crippen LogP contribution >= 0.6 is 11.3 Å². The average molecular weight is 667 g/mol. The lowest BCUT2D eigenvalue weighted by atomic mass is 9.99. The molecule has 0 saturated heterocycles. The zero-order valence-corrected chi connectivity index (χ0v) is 28.4. The van der Waals surface area contributed by atoms with Crippen LogP contribution < -0.4 is 0 Å². The first-order valence-corrected chi connectivity index (χ1v) is 18.2. The van der Waals surface area contributed by atoms with Gasteiger partial charge in [0.1, 0.15) is 0 Å². The molecule has 0 saturated carbocycles. The van der Waals surface area contributed by atoms with E-state index in [2.05, 4.69) is 191 Å². The molecule has 0 radical (unpaired) electrons. The summed E-state index contributed by atoms with van der Waals surface area (Å²) in [6.45, 7) is 0. The van der Waals surface area contributed by atoms with Gasteiger partial charge in [0.2, 0.25) is 0 Å². The van der Waals surface area contributed by atoms with Crippen LogP contribution in [0.15, 0.2) is 182 Å². The van der Waals surface area contributed by atoms with Crippen LogP contribution in [0.1, 0.15) is 0 Å². The number of hydrogen-bond acceptors (Lipinski definition) is 1. The predicted octanol–water partition coefficient (Wildman–Crippen LogP) is 13.6. The van der Waals surface area contributed by atoms with E-state index in [9.17, 15) is 0 Å². The Morgan fingerprint density at radius 1 is 0.275 bits per heavy atom. The Hall–Kier alpha value is -6.42. The number of para-hydroxylation sites is 2. The Bertz CT molecular complexity index is 3130. The highest BCUT2D eigenvalue weighted by Gasteiger charge is 2.17. The highest BCUT2D eigenvalue weighted by Crippen LogP contribution is 2.41. The second kappa shape index (κ2) is 11.0. The van der Waals surface area contributed by atoms with Gasteiger partial charge in [0.25, 0.3) is 0 Å². The lowest BCUT2D eigenvalue weighted by molar-refractivity contribution is 1.18. The molecule has 11 rings (SSSR count). The quantitative estimate of drug-likeness (QED) is 0.177. The molecule has 11 aromatic rings. The fraction of sp³-hybridized carbons (Fsp3) is 0. The van der Waals surface area contributed by atoms with E-state index in [-0.39, 0.29) is 0 Å². The smallest absolute Gasteiger partial charge is 0.0547 e. The summed E-state index contributed by atoms with van der Waals surface area (Å²) in [5.74, 6) is 0. The highest BCUT2D eigenvalue weighted by molar-refractivity contribution is 7.25. The van der Waals surface area contributed by atoms with E-state index in [4.69, 9.17) is 0 Å². The van der Waals surface area contributed by atoms with Crippen molar-refractivity contribution in [2.24, 2.45) is 0 Å². The minimum absolute atomic E-state index is 1.17. The summed E-state index contributed by atoms with van der Waals surface area (Å²) in [5.41, 5.74) is 12.1. The third-order valence-electron chi connectivity index (χ3n) is 10.5. The van der Waals surface area contributed by atoms with E-state index in [1.165, 1.54) is 97.4 Å². The number of thiophene rings is 1. The number of fused-ring (bicyclic) bond motifs is 9. The molecule has 238 valence electrons. The van der Waals surface area contributed by atoms with Crippen LogP contribution in [0.4, 0.5) is 0 Å². The standard InChI is InChI=1S/C48H30N2S/c1-3-11-31(12-4-1)34-19-23-38-41-28-33(20-24-44(41)49(46(38)29-34)35-13-5-2-6-14-35)32-21-25-45-40(27-32)37-15-7-9-17-43(37)50(45)36-22-26-48-42(30-36)39-16-8-10-18-47(39)51-48/h1-30H. The van der Waals surface area contributed by atoms with Gasteiger partial charge in [-0.05, 0) is 95.1 Å². The van der Waals surface area contributed by atoms with E-state index in [0.29, 0.717) is 0 Å². The topological polar surface area (TPSA) is 9.86 Å². The van der Waals surface area contributed by atoms with Crippen LogP contribution in [0.25, 0.3) is 97.4 Å². The van der Waals surface area contributed by atoms with Crippen molar-refractivity contribution in [1.29, 1.82) is 0 Å². The molecule has 51 heavy (non-hydrogen) atoms. The molecule has 0 aliphatic rings. The van der Waals surface area contributed by atoms with E-state index in [1.807, 2.05) is 11.3 Å². The molecule has 0 bridgehead atoms. The summed E-state index contributed by atoms with van der Waals surface area (Å²) >= 11 is 1.86. The molecule has 8 aromatic carbocycles. The van der Waals surface area contributed by atoms with Crippen LogP contribution in [0, 0.1) is 0 Å². The molecule has 3 heteroatoms. The molecule has 3 aromatic heterocycles. The third-order valence-corrected chi connectivity index (χ3v) is 11.7. The van der Waals surface area contributed by atoms with Crippen LogP contribution in [0.2, 0.25) is 0 Å². The molecule has 0 aliphatic heterocycles. The SMILES string of the molecule is c1ccc(-c2ccc3c4cc(-c5ccc6c(c5)c5ccccc5n6-c5ccc6sc7ccccc7c6c5)ccc4n(-c4ccccc4)c3c2)cc1. The van der Waals surface area contributed by atoms with Gasteiger partial charge in [0.05, 0.1) is 22.1 Å². The number of rotatable bonds is 4. The van der Waals surface area contributed by atoms with Crippen molar-refractivity contribution in [1.82, 2.24) is 9.13 Å². The van der Waals surface area contributed by atoms with Crippen LogP contribution in [-0.2, 0) is 0 Å². The summed E-state index contributed by atoms with van der Waals surface area (Å²) < 4.78 is 7.49. The first-order chi connectivity index (χ1) is 25.3. The van der Waals surface area contributed by atoms with Crippen molar-refractivity contribution in [2.45, 2.75) is 0 Å². The van der Waals surface area contributed by atoms with Crippen molar-refractivity contribution < 1.29 is 0 Å². The Morgan fingerprint density at radius 3 is 1.59 bits per heavy atom. The highest BCUT2D eigenvalue weighted by atomic mass is 32.1. The lowest BCUT2D eigenvalue weighted by Gasteiger charge is -2.10. The maximum absolute atomic E-state index is 2.43. The Morgan fingerprint density at radius 2 is 0.824 bits per heavy atom. The molecule has 0 fully saturated rings. The number of aromatic nitrogens is 2. The van der Waals surface area contributed by atoms with Gasteiger partial charge in [0, 0.05) is 53.1 Å². The number of benzene rings is 8. The summed E-state index contributed by atoms with van der Waals surface area (Å²) in [5, 5.41) is 7.67. The first-order valence-electron chi connectivity index (χ1n) is 17.4. The van der Waals surface area contributed by atoms with Crippen molar-refractivity contribution in [2.75, 3.05) is 0 Å². The van der Waals surface area contributed by atoms with Gasteiger partial charge in [-0.2, -0.15) is 0 Å². The van der Waals surface area contributed by atoms with Crippen LogP contribution in [0.3, 0.4) is 0 Å². The molecular weight excluding hydrogens is 637 g/mol. The number of hydrogen-bond donors (Lipinski definition) is 0. The summed E-state index contributed by atoms with van der Waals surface area (Å²) in [6.07, 6.45) is 0. The fourth-order valence-corrected chi connectivity index (χ4v) is 9.24. The van der Waals surface area contributed by atoms with E-state index in [0.717, 1.165) is 0 Å². The second-order valence-corrected chi connectivity index (χ2v) is 14.4. The third kappa shape index (κ3) is 4.35. The molecule has 0 unspecified atom stereocenters. The minimum Gasteiger partial charge on any atom is -0.309 e. The molecule has 3 heterocycles. The summed E-state index contributed by atoms with van der Waals surface area (Å²) in [7, 11) is 0. The molecule has 0 amide bonds. The van der Waals surface area contributed by atoms with Crippen LogP contribution in [-0.4, -0.2) is 9.13 Å². The lowest BCUT2D eigenvalue weighted by Crippen LogP contribution is -1.93. The van der Waals surface area contributed by atoms with Gasteiger partial charge < -0.3 is 9.13 Å².